The number of unbranched alkanes of at least 4 members (excludes halogenated alkanes) is 21. The normalized spacial score (nSPS) is 14.4. The van der Waals surface area contributed by atoms with E-state index in [1.165, 1.54) is 109 Å². The van der Waals surface area contributed by atoms with E-state index < -0.39 is 33.2 Å². The van der Waals surface area contributed by atoms with Gasteiger partial charge in [0.2, 0.25) is 0 Å². The average molecular weight is 733 g/mol. The van der Waals surface area contributed by atoms with E-state index >= 15 is 0 Å². The Bertz CT molecular complexity index is 836. The Morgan fingerprint density at radius 2 is 1.08 bits per heavy atom. The fraction of sp³-hybridized carbons (Fsp3) is 0.875. The Hall–Kier alpha value is -1.06. The second kappa shape index (κ2) is 37.7. The minimum atomic E-state index is -4.51. The third-order valence-corrected chi connectivity index (χ3v) is 9.59. The first kappa shape index (κ1) is 48.9. The molecule has 0 aliphatic rings. The SMILES string of the molecule is CCCCCC/C=C\C/C=C\CCCCCCCCCC(=O)OC(COCCCCCCCCCCCCC)COP(=O)(O)OCC(O)CO. The molecule has 0 aliphatic carbocycles. The molecule has 0 aromatic rings. The van der Waals surface area contributed by atoms with Gasteiger partial charge in [0.05, 0.1) is 26.4 Å². The molecule has 9 nitrogen and oxygen atoms in total. The Balaban J connectivity index is 4.18. The Morgan fingerprint density at radius 3 is 1.62 bits per heavy atom. The molecular weight excluding hydrogens is 655 g/mol. The van der Waals surface area contributed by atoms with Crippen LogP contribution in [0.3, 0.4) is 0 Å². The fourth-order valence-electron chi connectivity index (χ4n) is 5.50. The molecule has 10 heteroatoms. The molecule has 50 heavy (non-hydrogen) atoms. The predicted molar refractivity (Wildman–Crippen MR) is 205 cm³/mol. The summed E-state index contributed by atoms with van der Waals surface area (Å²) in [6.45, 7) is 3.50. The van der Waals surface area contributed by atoms with Gasteiger partial charge in [-0.2, -0.15) is 0 Å². The number of aliphatic hydroxyl groups excluding tert-OH is 2. The lowest BCUT2D eigenvalue weighted by molar-refractivity contribution is -0.154. The third kappa shape index (κ3) is 36.7. The Labute approximate surface area is 306 Å². The van der Waals surface area contributed by atoms with Gasteiger partial charge in [-0.25, -0.2) is 4.57 Å². The number of aliphatic hydroxyl groups is 2. The molecule has 0 fully saturated rings. The van der Waals surface area contributed by atoms with E-state index in [1.54, 1.807) is 0 Å². The molecule has 0 aromatic heterocycles. The van der Waals surface area contributed by atoms with Crippen molar-refractivity contribution in [3.05, 3.63) is 24.3 Å². The number of hydrogen-bond acceptors (Lipinski definition) is 8. The summed E-state index contributed by atoms with van der Waals surface area (Å²) >= 11 is 0. The number of rotatable bonds is 39. The molecule has 3 N–H and O–H groups in total. The summed E-state index contributed by atoms with van der Waals surface area (Å²) in [5.41, 5.74) is 0. The van der Waals surface area contributed by atoms with Crippen LogP contribution in [0.15, 0.2) is 24.3 Å². The van der Waals surface area contributed by atoms with Crippen LogP contribution in [0.1, 0.15) is 181 Å². The van der Waals surface area contributed by atoms with Crippen LogP contribution in [-0.4, -0.2) is 66.3 Å². The van der Waals surface area contributed by atoms with Crippen molar-refractivity contribution in [2.24, 2.45) is 0 Å². The standard InChI is InChI=1S/C40H77O9P/c1-3-5-7-9-11-13-15-16-17-18-19-20-21-22-24-26-28-30-32-40(43)49-39(37-48-50(44,45)47-35-38(42)34-41)36-46-33-31-29-27-25-23-14-12-10-8-6-4-2/h13,15,17-18,38-39,41-42H,3-12,14,16,19-37H2,1-2H3,(H,44,45)/b15-13-,18-17-. The van der Waals surface area contributed by atoms with Gasteiger partial charge < -0.3 is 24.6 Å². The summed E-state index contributed by atoms with van der Waals surface area (Å²) in [6.07, 6.45) is 37.0. The van der Waals surface area contributed by atoms with E-state index in [0.717, 1.165) is 51.4 Å². The lowest BCUT2D eigenvalue weighted by atomic mass is 10.1. The van der Waals surface area contributed by atoms with Crippen LogP contribution in [0.5, 0.6) is 0 Å². The van der Waals surface area contributed by atoms with E-state index in [2.05, 4.69) is 38.2 Å². The number of esters is 1. The van der Waals surface area contributed by atoms with Gasteiger partial charge >= 0.3 is 13.8 Å². The zero-order chi connectivity index (χ0) is 36.8. The smallest absolute Gasteiger partial charge is 0.457 e. The molecule has 0 rings (SSSR count). The van der Waals surface area contributed by atoms with Crippen LogP contribution in [0.4, 0.5) is 0 Å². The maximum atomic E-state index is 12.6. The van der Waals surface area contributed by atoms with E-state index in [0.29, 0.717) is 6.61 Å². The number of carbonyl (C=O) groups excluding carboxylic acids is 1. The van der Waals surface area contributed by atoms with Crippen LogP contribution in [-0.2, 0) is 27.9 Å². The molecule has 0 saturated heterocycles. The molecule has 0 amide bonds. The molecular formula is C40H77O9P. The Kier molecular flexibility index (Phi) is 36.9. The summed E-state index contributed by atoms with van der Waals surface area (Å²) in [4.78, 5) is 22.5. The summed E-state index contributed by atoms with van der Waals surface area (Å²) in [6, 6.07) is 0. The lowest BCUT2D eigenvalue weighted by Gasteiger charge is -2.20. The zero-order valence-electron chi connectivity index (χ0n) is 32.1. The maximum absolute atomic E-state index is 12.6. The second-order valence-electron chi connectivity index (χ2n) is 13.7. The highest BCUT2D eigenvalue weighted by Gasteiger charge is 2.26. The molecule has 0 spiro atoms. The highest BCUT2D eigenvalue weighted by atomic mass is 31.2. The fourth-order valence-corrected chi connectivity index (χ4v) is 6.29. The van der Waals surface area contributed by atoms with Gasteiger partial charge in [-0.05, 0) is 44.9 Å². The van der Waals surface area contributed by atoms with Gasteiger partial charge in [0, 0.05) is 13.0 Å². The molecule has 0 heterocycles. The van der Waals surface area contributed by atoms with Crippen molar-refractivity contribution in [1.29, 1.82) is 0 Å². The number of phosphoric ester groups is 1. The van der Waals surface area contributed by atoms with Crippen molar-refractivity contribution < 1.29 is 43.0 Å². The molecule has 0 aromatic carbocycles. The third-order valence-electron chi connectivity index (χ3n) is 8.64. The van der Waals surface area contributed by atoms with Crippen LogP contribution >= 0.6 is 7.82 Å². The maximum Gasteiger partial charge on any atom is 0.472 e. The number of ether oxygens (including phenoxy) is 2. The zero-order valence-corrected chi connectivity index (χ0v) is 33.0. The van der Waals surface area contributed by atoms with Crippen LogP contribution in [0.25, 0.3) is 0 Å². The van der Waals surface area contributed by atoms with Gasteiger partial charge in [0.1, 0.15) is 12.2 Å². The number of carbonyl (C=O) groups is 1. The first-order chi connectivity index (χ1) is 24.3. The number of phosphoric acid groups is 1. The summed E-state index contributed by atoms with van der Waals surface area (Å²) < 4.78 is 33.3. The highest BCUT2D eigenvalue weighted by molar-refractivity contribution is 7.47. The van der Waals surface area contributed by atoms with Crippen LogP contribution in [0.2, 0.25) is 0 Å². The van der Waals surface area contributed by atoms with Crippen molar-refractivity contribution in [3.8, 4) is 0 Å². The molecule has 0 aliphatic heterocycles. The Morgan fingerprint density at radius 1 is 0.620 bits per heavy atom. The summed E-state index contributed by atoms with van der Waals surface area (Å²) in [5.74, 6) is -0.389. The molecule has 3 unspecified atom stereocenters. The predicted octanol–water partition coefficient (Wildman–Crippen LogP) is 10.7. The quantitative estimate of drug-likeness (QED) is 0.0244. The highest BCUT2D eigenvalue weighted by Crippen LogP contribution is 2.43. The molecule has 0 radical (unpaired) electrons. The van der Waals surface area contributed by atoms with Crippen molar-refractivity contribution in [3.63, 3.8) is 0 Å². The minimum absolute atomic E-state index is 0.0494. The van der Waals surface area contributed by atoms with Gasteiger partial charge in [-0.1, -0.05) is 154 Å². The lowest BCUT2D eigenvalue weighted by Crippen LogP contribution is -2.29. The van der Waals surface area contributed by atoms with Crippen LogP contribution < -0.4 is 0 Å². The van der Waals surface area contributed by atoms with Gasteiger partial charge in [-0.3, -0.25) is 13.8 Å². The van der Waals surface area contributed by atoms with Crippen molar-refractivity contribution in [2.45, 2.75) is 193 Å². The van der Waals surface area contributed by atoms with Gasteiger partial charge in [0.25, 0.3) is 0 Å². The van der Waals surface area contributed by atoms with Crippen molar-refractivity contribution in [1.82, 2.24) is 0 Å². The van der Waals surface area contributed by atoms with Crippen molar-refractivity contribution >= 4 is 13.8 Å². The largest absolute Gasteiger partial charge is 0.472 e. The van der Waals surface area contributed by atoms with Crippen LogP contribution in [0, 0.1) is 0 Å². The molecule has 0 saturated carbocycles. The monoisotopic (exact) mass is 733 g/mol. The van der Waals surface area contributed by atoms with Gasteiger partial charge in [-0.15, -0.1) is 0 Å². The topological polar surface area (TPSA) is 132 Å². The van der Waals surface area contributed by atoms with E-state index in [9.17, 15) is 19.4 Å². The number of allylic oxidation sites excluding steroid dienone is 4. The summed E-state index contributed by atoms with van der Waals surface area (Å²) in [5, 5.41) is 18.3. The average Bonchev–Trinajstić information content (AvgIpc) is 3.10. The van der Waals surface area contributed by atoms with E-state index in [4.69, 9.17) is 23.6 Å². The first-order valence-electron chi connectivity index (χ1n) is 20.3. The first-order valence-corrected chi connectivity index (χ1v) is 21.8. The second-order valence-corrected chi connectivity index (χ2v) is 15.1. The van der Waals surface area contributed by atoms with Crippen molar-refractivity contribution in [2.75, 3.05) is 33.0 Å². The molecule has 296 valence electrons. The minimum Gasteiger partial charge on any atom is -0.457 e. The summed E-state index contributed by atoms with van der Waals surface area (Å²) in [7, 11) is -4.51. The van der Waals surface area contributed by atoms with E-state index in [-0.39, 0.29) is 25.6 Å². The van der Waals surface area contributed by atoms with E-state index in [1.807, 2.05) is 0 Å². The molecule has 3 atom stereocenters. The van der Waals surface area contributed by atoms with Gasteiger partial charge in [0.15, 0.2) is 0 Å². The molecule has 0 bridgehead atoms. The number of hydrogen-bond donors (Lipinski definition) is 3.